The summed E-state index contributed by atoms with van der Waals surface area (Å²) in [5.74, 6) is -0.252. The Kier molecular flexibility index (Phi) is 3.68. The van der Waals surface area contributed by atoms with Gasteiger partial charge in [0.15, 0.2) is 5.11 Å². The molecule has 1 saturated heterocycles. The van der Waals surface area contributed by atoms with Gasteiger partial charge in [-0.1, -0.05) is 18.2 Å². The van der Waals surface area contributed by atoms with Crippen LogP contribution in [-0.2, 0) is 0 Å². The molecule has 90 valence electrons. The lowest BCUT2D eigenvalue weighted by Gasteiger charge is -2.18. The van der Waals surface area contributed by atoms with Gasteiger partial charge in [0.1, 0.15) is 6.17 Å². The van der Waals surface area contributed by atoms with E-state index >= 15 is 0 Å². The number of alkyl halides is 1. The second-order valence-electron chi connectivity index (χ2n) is 3.96. The molecule has 5 heteroatoms. The smallest absolute Gasteiger partial charge is 0.257 e. The summed E-state index contributed by atoms with van der Waals surface area (Å²) in [5, 5.41) is 2.92. The van der Waals surface area contributed by atoms with Gasteiger partial charge in [-0.15, -0.1) is 0 Å². The highest BCUT2D eigenvalue weighted by Crippen LogP contribution is 2.12. The van der Waals surface area contributed by atoms with Crippen LogP contribution in [0, 0.1) is 0 Å². The molecular formula is C12H13FN2OS. The number of carbonyl (C=O) groups is 1. The first-order valence-corrected chi connectivity index (χ1v) is 5.87. The predicted molar refractivity (Wildman–Crippen MR) is 67.6 cm³/mol. The Labute approximate surface area is 105 Å². The van der Waals surface area contributed by atoms with Crippen molar-refractivity contribution in [2.45, 2.75) is 12.6 Å². The summed E-state index contributed by atoms with van der Waals surface area (Å²) < 4.78 is 13.0. The molecule has 0 spiro atoms. The number of benzene rings is 1. The largest absolute Gasteiger partial charge is 0.346 e. The Morgan fingerprint density at radius 3 is 2.71 bits per heavy atom. The van der Waals surface area contributed by atoms with Crippen LogP contribution in [0.15, 0.2) is 30.3 Å². The monoisotopic (exact) mass is 252 g/mol. The summed E-state index contributed by atoms with van der Waals surface area (Å²) >= 11 is 5.07. The highest BCUT2D eigenvalue weighted by molar-refractivity contribution is 7.80. The Hall–Kier alpha value is -1.49. The van der Waals surface area contributed by atoms with E-state index in [-0.39, 0.29) is 12.5 Å². The molecule has 1 aromatic rings. The normalized spacial score (nSPS) is 19.1. The molecule has 0 bridgehead atoms. The second kappa shape index (κ2) is 5.23. The van der Waals surface area contributed by atoms with Gasteiger partial charge in [0, 0.05) is 12.1 Å². The number of rotatable bonds is 1. The van der Waals surface area contributed by atoms with Crippen molar-refractivity contribution in [3.63, 3.8) is 0 Å². The molecule has 17 heavy (non-hydrogen) atoms. The molecule has 1 amide bonds. The molecular weight excluding hydrogens is 239 g/mol. The van der Waals surface area contributed by atoms with Gasteiger partial charge >= 0.3 is 0 Å². The van der Waals surface area contributed by atoms with Crippen LogP contribution in [0.5, 0.6) is 0 Å². The third kappa shape index (κ3) is 3.00. The number of hydrogen-bond donors (Lipinski definition) is 1. The van der Waals surface area contributed by atoms with E-state index in [0.29, 0.717) is 23.6 Å². The molecule has 1 unspecified atom stereocenters. The summed E-state index contributed by atoms with van der Waals surface area (Å²) in [5.41, 5.74) is 0.547. The fourth-order valence-corrected chi connectivity index (χ4v) is 2.00. The summed E-state index contributed by atoms with van der Waals surface area (Å²) in [4.78, 5) is 13.5. The standard InChI is InChI=1S/C12H13FN2OS/c13-10-6-7-15(8-10)12(17)14-11(16)9-4-2-1-3-5-9/h1-5,10H,6-8H2,(H,14,16,17). The van der Waals surface area contributed by atoms with E-state index in [9.17, 15) is 9.18 Å². The topological polar surface area (TPSA) is 32.3 Å². The van der Waals surface area contributed by atoms with Crippen LogP contribution in [0.1, 0.15) is 16.8 Å². The van der Waals surface area contributed by atoms with Gasteiger partial charge in [-0.3, -0.25) is 10.1 Å². The first-order chi connectivity index (χ1) is 8.16. The average Bonchev–Trinajstić information content (AvgIpc) is 2.77. The number of likely N-dealkylation sites (tertiary alicyclic amines) is 1. The molecule has 2 rings (SSSR count). The van der Waals surface area contributed by atoms with E-state index in [1.54, 1.807) is 29.2 Å². The number of nitrogens with zero attached hydrogens (tertiary/aromatic N) is 1. The molecule has 1 aliphatic heterocycles. The third-order valence-electron chi connectivity index (χ3n) is 2.67. The third-order valence-corrected chi connectivity index (χ3v) is 3.03. The predicted octanol–water partition coefficient (Wildman–Crippen LogP) is 1.75. The average molecular weight is 252 g/mol. The van der Waals surface area contributed by atoms with Crippen LogP contribution < -0.4 is 5.32 Å². The van der Waals surface area contributed by atoms with E-state index in [2.05, 4.69) is 5.32 Å². The zero-order valence-corrected chi connectivity index (χ0v) is 10.0. The number of amides is 1. The van der Waals surface area contributed by atoms with Crippen molar-refractivity contribution in [2.75, 3.05) is 13.1 Å². The Balaban J connectivity index is 1.93. The number of halogens is 1. The summed E-state index contributed by atoms with van der Waals surface area (Å²) in [7, 11) is 0. The Bertz CT molecular complexity index is 424. The zero-order valence-electron chi connectivity index (χ0n) is 9.23. The minimum Gasteiger partial charge on any atom is -0.346 e. The van der Waals surface area contributed by atoms with Crippen LogP contribution in [-0.4, -0.2) is 35.2 Å². The van der Waals surface area contributed by atoms with E-state index in [0.717, 1.165) is 0 Å². The van der Waals surface area contributed by atoms with E-state index in [4.69, 9.17) is 12.2 Å². The maximum absolute atomic E-state index is 13.0. The lowest BCUT2D eigenvalue weighted by molar-refractivity contribution is 0.0973. The minimum atomic E-state index is -0.846. The quantitative estimate of drug-likeness (QED) is 0.773. The van der Waals surface area contributed by atoms with Gasteiger partial charge in [0.2, 0.25) is 0 Å². The fourth-order valence-electron chi connectivity index (χ4n) is 1.74. The number of carbonyl (C=O) groups excluding carboxylic acids is 1. The zero-order chi connectivity index (χ0) is 12.3. The van der Waals surface area contributed by atoms with E-state index in [1.807, 2.05) is 6.07 Å². The molecule has 0 aromatic heterocycles. The molecule has 1 N–H and O–H groups in total. The SMILES string of the molecule is O=C(NC(=S)N1CCC(F)C1)c1ccccc1. The van der Waals surface area contributed by atoms with Gasteiger partial charge in [0.05, 0.1) is 6.54 Å². The first kappa shape index (κ1) is 12.0. The highest BCUT2D eigenvalue weighted by Gasteiger charge is 2.24. The molecule has 1 aliphatic rings. The van der Waals surface area contributed by atoms with E-state index < -0.39 is 6.17 Å². The molecule has 1 fully saturated rings. The summed E-state index contributed by atoms with van der Waals surface area (Å²) in [6, 6.07) is 8.82. The van der Waals surface area contributed by atoms with Crippen LogP contribution in [0.2, 0.25) is 0 Å². The first-order valence-electron chi connectivity index (χ1n) is 5.46. The van der Waals surface area contributed by atoms with Crippen molar-refractivity contribution >= 4 is 23.2 Å². The Morgan fingerprint density at radius 2 is 2.12 bits per heavy atom. The van der Waals surface area contributed by atoms with Gasteiger partial charge in [0.25, 0.3) is 5.91 Å². The maximum Gasteiger partial charge on any atom is 0.257 e. The Morgan fingerprint density at radius 1 is 1.41 bits per heavy atom. The van der Waals surface area contributed by atoms with Crippen molar-refractivity contribution in [3.05, 3.63) is 35.9 Å². The molecule has 1 atom stereocenters. The van der Waals surface area contributed by atoms with Gasteiger partial charge in [-0.25, -0.2) is 4.39 Å². The van der Waals surface area contributed by atoms with Crippen molar-refractivity contribution in [2.24, 2.45) is 0 Å². The van der Waals surface area contributed by atoms with Gasteiger partial charge in [-0.05, 0) is 30.8 Å². The van der Waals surface area contributed by atoms with Crippen molar-refractivity contribution in [3.8, 4) is 0 Å². The summed E-state index contributed by atoms with van der Waals surface area (Å²) in [6.45, 7) is 0.836. The molecule has 1 heterocycles. The molecule has 0 aliphatic carbocycles. The van der Waals surface area contributed by atoms with Crippen LogP contribution in [0.25, 0.3) is 0 Å². The number of thiocarbonyl (C=S) groups is 1. The van der Waals surface area contributed by atoms with Crippen molar-refractivity contribution < 1.29 is 9.18 Å². The molecule has 3 nitrogen and oxygen atoms in total. The maximum atomic E-state index is 13.0. The minimum absolute atomic E-state index is 0.252. The van der Waals surface area contributed by atoms with Crippen LogP contribution in [0.4, 0.5) is 4.39 Å². The molecule has 1 aromatic carbocycles. The van der Waals surface area contributed by atoms with Gasteiger partial charge in [-0.2, -0.15) is 0 Å². The van der Waals surface area contributed by atoms with E-state index in [1.165, 1.54) is 0 Å². The molecule has 0 radical (unpaired) electrons. The lowest BCUT2D eigenvalue weighted by atomic mass is 10.2. The van der Waals surface area contributed by atoms with Crippen LogP contribution in [0.3, 0.4) is 0 Å². The fraction of sp³-hybridized carbons (Fsp3) is 0.333. The summed E-state index contributed by atoms with van der Waals surface area (Å²) in [6.07, 6.45) is -0.372. The number of nitrogens with one attached hydrogen (secondary N) is 1. The highest BCUT2D eigenvalue weighted by atomic mass is 32.1. The second-order valence-corrected chi connectivity index (χ2v) is 4.34. The van der Waals surface area contributed by atoms with Gasteiger partial charge < -0.3 is 4.90 Å². The van der Waals surface area contributed by atoms with Crippen molar-refractivity contribution in [1.29, 1.82) is 0 Å². The lowest BCUT2D eigenvalue weighted by Crippen LogP contribution is -2.41. The van der Waals surface area contributed by atoms with Crippen molar-refractivity contribution in [1.82, 2.24) is 10.2 Å². The number of hydrogen-bond acceptors (Lipinski definition) is 2. The molecule has 0 saturated carbocycles. The van der Waals surface area contributed by atoms with Crippen LogP contribution >= 0.6 is 12.2 Å².